The van der Waals surface area contributed by atoms with Crippen LogP contribution in [0.3, 0.4) is 0 Å². The molecule has 1 aliphatic heterocycles. The molecule has 0 amide bonds. The molecule has 1 saturated carbocycles. The van der Waals surface area contributed by atoms with Gasteiger partial charge in [-0.25, -0.2) is 0 Å². The second-order valence-corrected chi connectivity index (χ2v) is 8.78. The summed E-state index contributed by atoms with van der Waals surface area (Å²) < 4.78 is 0. The summed E-state index contributed by atoms with van der Waals surface area (Å²) in [7, 11) is 0. The van der Waals surface area contributed by atoms with Gasteiger partial charge in [0.05, 0.1) is 0 Å². The van der Waals surface area contributed by atoms with E-state index < -0.39 is 0 Å². The van der Waals surface area contributed by atoms with Gasteiger partial charge in [0.1, 0.15) is 5.75 Å². The van der Waals surface area contributed by atoms with Gasteiger partial charge >= 0.3 is 0 Å². The van der Waals surface area contributed by atoms with Crippen molar-refractivity contribution < 1.29 is 5.11 Å². The smallest absolute Gasteiger partial charge is 0.115 e. The van der Waals surface area contributed by atoms with Crippen molar-refractivity contribution in [1.82, 2.24) is 4.90 Å². The van der Waals surface area contributed by atoms with Crippen molar-refractivity contribution in [2.24, 2.45) is 11.8 Å². The molecule has 136 valence electrons. The molecule has 0 aromatic heterocycles. The van der Waals surface area contributed by atoms with Gasteiger partial charge in [-0.15, -0.1) is 0 Å². The summed E-state index contributed by atoms with van der Waals surface area (Å²) in [6.45, 7) is 4.92. The van der Waals surface area contributed by atoms with Crippen LogP contribution < -0.4 is 0 Å². The van der Waals surface area contributed by atoms with Gasteiger partial charge in [0.2, 0.25) is 0 Å². The fourth-order valence-corrected chi connectivity index (χ4v) is 5.96. The third-order valence-electron chi connectivity index (χ3n) is 7.63. The Kier molecular flexibility index (Phi) is 3.86. The number of phenols is 1. The Morgan fingerprint density at radius 1 is 1.12 bits per heavy atom. The van der Waals surface area contributed by atoms with Crippen LogP contribution in [-0.2, 0) is 11.8 Å². The summed E-state index contributed by atoms with van der Waals surface area (Å²) in [6.07, 6.45) is 6.54. The van der Waals surface area contributed by atoms with Crippen LogP contribution in [0.15, 0.2) is 48.5 Å². The highest BCUT2D eigenvalue weighted by atomic mass is 16.3. The molecule has 2 bridgehead atoms. The van der Waals surface area contributed by atoms with Crippen molar-refractivity contribution in [3.8, 4) is 5.75 Å². The first-order chi connectivity index (χ1) is 12.7. The van der Waals surface area contributed by atoms with Gasteiger partial charge in [-0.2, -0.15) is 0 Å². The lowest BCUT2D eigenvalue weighted by Crippen LogP contribution is -2.60. The van der Waals surface area contributed by atoms with E-state index in [9.17, 15) is 5.11 Å². The predicted octanol–water partition coefficient (Wildman–Crippen LogP) is 4.74. The van der Waals surface area contributed by atoms with Gasteiger partial charge < -0.3 is 5.11 Å². The number of piperidine rings is 1. The predicted molar refractivity (Wildman–Crippen MR) is 106 cm³/mol. The first kappa shape index (κ1) is 16.4. The maximum absolute atomic E-state index is 10.2. The van der Waals surface area contributed by atoms with Crippen molar-refractivity contribution in [2.75, 3.05) is 13.1 Å². The van der Waals surface area contributed by atoms with E-state index in [1.54, 1.807) is 0 Å². The third-order valence-corrected chi connectivity index (χ3v) is 7.63. The van der Waals surface area contributed by atoms with Gasteiger partial charge in [-0.3, -0.25) is 4.90 Å². The normalized spacial score (nSPS) is 31.3. The number of fused-ring (bicyclic) bond motifs is 4. The standard InChI is InChI=1S/C24H29NO/c1-17-23-14-19-10-11-21(26)15-22(19)24(17,20-8-3-2-4-9-20)12-13-25(23)16-18-6-5-7-18/h2-4,8-11,15,17-18,23,26H,5-7,12-14,16H2,1H3/t17-,23-,24-/m1/s1. The summed E-state index contributed by atoms with van der Waals surface area (Å²) in [5.74, 6) is 1.89. The molecule has 0 unspecified atom stereocenters. The van der Waals surface area contributed by atoms with E-state index in [-0.39, 0.29) is 5.41 Å². The van der Waals surface area contributed by atoms with E-state index in [0.29, 0.717) is 17.7 Å². The topological polar surface area (TPSA) is 23.5 Å². The molecule has 3 atom stereocenters. The summed E-state index contributed by atoms with van der Waals surface area (Å²) >= 11 is 0. The molecule has 0 radical (unpaired) electrons. The van der Waals surface area contributed by atoms with Gasteiger partial charge in [0.25, 0.3) is 0 Å². The SMILES string of the molecule is C[C@@H]1[C@H]2Cc3ccc(O)cc3[C@]1(c1ccccc1)CCN2CC1CCC1. The largest absolute Gasteiger partial charge is 0.508 e. The molecular formula is C24H29NO. The highest BCUT2D eigenvalue weighted by Crippen LogP contribution is 2.53. The van der Waals surface area contributed by atoms with E-state index in [0.717, 1.165) is 18.8 Å². The number of hydrogen-bond donors (Lipinski definition) is 1. The minimum Gasteiger partial charge on any atom is -0.508 e. The first-order valence-corrected chi connectivity index (χ1v) is 10.3. The summed E-state index contributed by atoms with van der Waals surface area (Å²) in [6, 6.07) is 17.8. The monoisotopic (exact) mass is 347 g/mol. The van der Waals surface area contributed by atoms with Crippen molar-refractivity contribution >= 4 is 0 Å². The van der Waals surface area contributed by atoms with E-state index in [4.69, 9.17) is 0 Å². The molecule has 26 heavy (non-hydrogen) atoms. The zero-order chi connectivity index (χ0) is 17.7. The molecular weight excluding hydrogens is 318 g/mol. The average Bonchev–Trinajstić information content (AvgIpc) is 2.62. The Balaban J connectivity index is 1.61. The lowest BCUT2D eigenvalue weighted by molar-refractivity contribution is 0.0200. The molecule has 1 saturated heterocycles. The first-order valence-electron chi connectivity index (χ1n) is 10.3. The van der Waals surface area contributed by atoms with Crippen molar-refractivity contribution in [2.45, 2.75) is 50.5 Å². The zero-order valence-corrected chi connectivity index (χ0v) is 15.7. The van der Waals surface area contributed by atoms with Crippen molar-refractivity contribution in [3.63, 3.8) is 0 Å². The minimum absolute atomic E-state index is 0.0361. The molecule has 1 N–H and O–H groups in total. The van der Waals surface area contributed by atoms with Crippen LogP contribution in [0, 0.1) is 11.8 Å². The van der Waals surface area contributed by atoms with Crippen LogP contribution in [0.4, 0.5) is 0 Å². The fourth-order valence-electron chi connectivity index (χ4n) is 5.96. The number of hydrogen-bond acceptors (Lipinski definition) is 2. The second-order valence-electron chi connectivity index (χ2n) is 8.78. The van der Waals surface area contributed by atoms with Crippen molar-refractivity contribution in [1.29, 1.82) is 0 Å². The minimum atomic E-state index is 0.0361. The number of nitrogens with zero attached hydrogens (tertiary/aromatic N) is 1. The summed E-state index contributed by atoms with van der Waals surface area (Å²) in [5.41, 5.74) is 4.27. The van der Waals surface area contributed by atoms with Crippen LogP contribution in [0.1, 0.15) is 49.3 Å². The van der Waals surface area contributed by atoms with E-state index in [1.165, 1.54) is 49.0 Å². The maximum Gasteiger partial charge on any atom is 0.115 e. The van der Waals surface area contributed by atoms with E-state index in [2.05, 4.69) is 54.3 Å². The van der Waals surface area contributed by atoms with Gasteiger partial charge in [0, 0.05) is 18.0 Å². The van der Waals surface area contributed by atoms with Gasteiger partial charge in [0.15, 0.2) is 0 Å². The average molecular weight is 348 g/mol. The zero-order valence-electron chi connectivity index (χ0n) is 15.7. The quantitative estimate of drug-likeness (QED) is 0.866. The van der Waals surface area contributed by atoms with Gasteiger partial charge in [-0.05, 0) is 72.9 Å². The molecule has 2 fully saturated rings. The van der Waals surface area contributed by atoms with Crippen molar-refractivity contribution in [3.05, 3.63) is 65.2 Å². The Hall–Kier alpha value is -1.80. The Morgan fingerprint density at radius 3 is 2.65 bits per heavy atom. The number of aromatic hydroxyl groups is 1. The molecule has 2 aliphatic carbocycles. The Bertz CT molecular complexity index is 797. The van der Waals surface area contributed by atoms with Crippen LogP contribution in [0.2, 0.25) is 0 Å². The maximum atomic E-state index is 10.2. The number of phenolic OH excluding ortho intramolecular Hbond substituents is 1. The summed E-state index contributed by atoms with van der Waals surface area (Å²) in [5, 5.41) is 10.2. The lowest BCUT2D eigenvalue weighted by atomic mass is 9.55. The van der Waals surface area contributed by atoms with Gasteiger partial charge in [-0.1, -0.05) is 49.7 Å². The fraction of sp³-hybridized carbons (Fsp3) is 0.500. The summed E-state index contributed by atoms with van der Waals surface area (Å²) in [4.78, 5) is 2.80. The number of benzene rings is 2. The molecule has 1 heterocycles. The van der Waals surface area contributed by atoms with E-state index >= 15 is 0 Å². The van der Waals surface area contributed by atoms with E-state index in [1.807, 2.05) is 6.07 Å². The molecule has 2 aromatic rings. The molecule has 0 spiro atoms. The highest BCUT2D eigenvalue weighted by Gasteiger charge is 2.52. The molecule has 2 nitrogen and oxygen atoms in total. The number of likely N-dealkylation sites (tertiary alicyclic amines) is 1. The Labute approximate surface area is 156 Å². The van der Waals surface area contributed by atoms with Crippen LogP contribution in [0.5, 0.6) is 5.75 Å². The van der Waals surface area contributed by atoms with Crippen LogP contribution in [-0.4, -0.2) is 29.1 Å². The molecule has 5 rings (SSSR count). The lowest BCUT2D eigenvalue weighted by Gasteiger charge is -2.57. The van der Waals surface area contributed by atoms with Crippen LogP contribution in [0.25, 0.3) is 0 Å². The molecule has 2 heteroatoms. The second kappa shape index (κ2) is 6.13. The Morgan fingerprint density at radius 2 is 1.92 bits per heavy atom. The number of rotatable bonds is 3. The van der Waals surface area contributed by atoms with Crippen LogP contribution >= 0.6 is 0 Å². The molecule has 2 aromatic carbocycles. The third kappa shape index (κ3) is 2.35. The molecule has 3 aliphatic rings. The highest BCUT2D eigenvalue weighted by molar-refractivity contribution is 5.51.